The number of phenolic OH excluding ortho intramolecular Hbond substituents is 1. The first-order valence-corrected chi connectivity index (χ1v) is 14.0. The van der Waals surface area contributed by atoms with Crippen LogP contribution < -0.4 is 0 Å². The maximum absolute atomic E-state index is 12.0. The number of hydrogen-bond donors (Lipinski definition) is 1. The molecule has 0 fully saturated rings. The number of para-hydroxylation sites is 1. The van der Waals surface area contributed by atoms with Gasteiger partial charge in [0.25, 0.3) is 0 Å². The van der Waals surface area contributed by atoms with Crippen molar-refractivity contribution in [3.8, 4) is 39.1 Å². The number of phenols is 1. The molecule has 0 amide bonds. The zero-order chi connectivity index (χ0) is 38.8. The van der Waals surface area contributed by atoms with Gasteiger partial charge in [0.05, 0.1) is 15.1 Å². The van der Waals surface area contributed by atoms with Crippen molar-refractivity contribution in [1.29, 1.82) is 0 Å². The minimum Gasteiger partial charge on any atom is -0.507 e. The molecular weight excluding hydrogens is 536 g/mol. The lowest BCUT2D eigenvalue weighted by atomic mass is 9.83. The molecule has 0 aliphatic rings. The summed E-state index contributed by atoms with van der Waals surface area (Å²) in [5, 5.41) is 15.2. The molecule has 0 saturated heterocycles. The van der Waals surface area contributed by atoms with Crippen LogP contribution in [0, 0.1) is 0 Å². The van der Waals surface area contributed by atoms with Crippen LogP contribution in [-0.4, -0.2) is 5.11 Å². The molecule has 2 heteroatoms. The monoisotopic (exact) mass is 573 g/mol. The van der Waals surface area contributed by atoms with E-state index >= 15 is 0 Å². The molecule has 8 aromatic carbocycles. The second-order valence-corrected chi connectivity index (χ2v) is 10.5. The van der Waals surface area contributed by atoms with Crippen LogP contribution in [0.4, 0.5) is 0 Å². The molecule has 9 rings (SSSR count). The minimum absolute atomic E-state index is 0.0449. The Morgan fingerprint density at radius 3 is 1.75 bits per heavy atom. The summed E-state index contributed by atoms with van der Waals surface area (Å²) in [6.07, 6.45) is 0. The van der Waals surface area contributed by atoms with E-state index in [1.807, 2.05) is 54.6 Å². The lowest BCUT2D eigenvalue weighted by Gasteiger charge is -2.20. The van der Waals surface area contributed by atoms with E-state index in [9.17, 15) is 6.48 Å². The Labute approximate surface area is 269 Å². The van der Waals surface area contributed by atoms with Gasteiger partial charge in [0.1, 0.15) is 16.9 Å². The SMILES string of the molecule is [2H]c1c([2H])c([2H])c(-c2c(-c3c4ccccc4c(-c4c([2H])c([2H])c5c([2H])c([2H])c([2H])c([2H])c5c4O)c4ccccc34)ccc3c2oc2ccccc23)c([2H])c1[2H]. The van der Waals surface area contributed by atoms with Gasteiger partial charge >= 0.3 is 0 Å². The summed E-state index contributed by atoms with van der Waals surface area (Å²) in [4.78, 5) is 0. The van der Waals surface area contributed by atoms with Crippen molar-refractivity contribution in [3.63, 3.8) is 0 Å². The van der Waals surface area contributed by atoms with Crippen LogP contribution in [0.25, 0.3) is 87.6 Å². The molecule has 1 N–H and O–H groups in total. The molecule has 44 heavy (non-hydrogen) atoms. The van der Waals surface area contributed by atoms with Crippen molar-refractivity contribution in [1.82, 2.24) is 0 Å². The maximum atomic E-state index is 12.0. The van der Waals surface area contributed by atoms with Crippen LogP contribution >= 0.6 is 0 Å². The average Bonchev–Trinajstić information content (AvgIpc) is 3.58. The first kappa shape index (κ1) is 16.1. The number of furan rings is 1. The summed E-state index contributed by atoms with van der Waals surface area (Å²) < 4.78 is 102. The Morgan fingerprint density at radius 1 is 0.455 bits per heavy atom. The van der Waals surface area contributed by atoms with Gasteiger partial charge in [-0.25, -0.2) is 0 Å². The summed E-state index contributed by atoms with van der Waals surface area (Å²) in [6.45, 7) is 0. The quantitative estimate of drug-likeness (QED) is 0.213. The number of aromatic hydroxyl groups is 1. The molecule has 206 valence electrons. The molecule has 2 nitrogen and oxygen atoms in total. The molecule has 1 aromatic heterocycles. The molecule has 0 spiro atoms. The van der Waals surface area contributed by atoms with Crippen molar-refractivity contribution in [2.75, 3.05) is 0 Å². The van der Waals surface area contributed by atoms with Gasteiger partial charge in [-0.1, -0.05) is 133 Å². The van der Waals surface area contributed by atoms with Crippen LogP contribution in [0.3, 0.4) is 0 Å². The van der Waals surface area contributed by atoms with E-state index in [2.05, 4.69) is 0 Å². The van der Waals surface area contributed by atoms with E-state index in [1.165, 1.54) is 0 Å². The Hall–Kier alpha value is -5.86. The highest BCUT2D eigenvalue weighted by Gasteiger charge is 2.23. The van der Waals surface area contributed by atoms with Crippen LogP contribution in [-0.2, 0) is 0 Å². The van der Waals surface area contributed by atoms with Crippen molar-refractivity contribution >= 4 is 54.3 Å². The highest BCUT2D eigenvalue weighted by molar-refractivity contribution is 6.25. The topological polar surface area (TPSA) is 33.4 Å². The molecule has 1 heterocycles. The predicted molar refractivity (Wildman–Crippen MR) is 184 cm³/mol. The minimum atomic E-state index is -0.581. The van der Waals surface area contributed by atoms with Crippen LogP contribution in [0.15, 0.2) is 156 Å². The first-order chi connectivity index (χ1) is 26.3. The fraction of sp³-hybridized carbons (Fsp3) is 0. The molecule has 0 radical (unpaired) electrons. The zero-order valence-electron chi connectivity index (χ0n) is 33.9. The third-order valence-electron chi connectivity index (χ3n) is 8.22. The highest BCUT2D eigenvalue weighted by atomic mass is 16.3. The average molecular weight is 574 g/mol. The number of hydrogen-bond acceptors (Lipinski definition) is 2. The molecule has 0 unspecified atom stereocenters. The second-order valence-electron chi connectivity index (χ2n) is 10.5. The van der Waals surface area contributed by atoms with Crippen LogP contribution in [0.5, 0.6) is 5.75 Å². The Morgan fingerprint density at radius 2 is 1.05 bits per heavy atom. The smallest absolute Gasteiger partial charge is 0.143 e. The van der Waals surface area contributed by atoms with E-state index in [4.69, 9.17) is 18.1 Å². The fourth-order valence-electron chi connectivity index (χ4n) is 6.38. The van der Waals surface area contributed by atoms with Gasteiger partial charge in [-0.05, 0) is 61.8 Å². The molecule has 0 bridgehead atoms. The third kappa shape index (κ3) is 3.55. The first-order valence-electron chi connectivity index (χ1n) is 19.5. The van der Waals surface area contributed by atoms with Gasteiger partial charge in [-0.2, -0.15) is 0 Å². The van der Waals surface area contributed by atoms with Crippen molar-refractivity contribution < 1.29 is 24.6 Å². The van der Waals surface area contributed by atoms with E-state index in [0.717, 1.165) is 5.39 Å². The van der Waals surface area contributed by atoms with Gasteiger partial charge in [-0.3, -0.25) is 0 Å². The van der Waals surface area contributed by atoms with Gasteiger partial charge < -0.3 is 9.52 Å². The summed E-state index contributed by atoms with van der Waals surface area (Å²) in [7, 11) is 0. The molecular formula is C42H26O2. The summed E-state index contributed by atoms with van der Waals surface area (Å²) in [5.74, 6) is -0.561. The van der Waals surface area contributed by atoms with Crippen LogP contribution in [0.2, 0.25) is 0 Å². The van der Waals surface area contributed by atoms with E-state index in [1.54, 1.807) is 30.3 Å². The Bertz CT molecular complexity index is 3100. The largest absolute Gasteiger partial charge is 0.507 e. The molecule has 0 saturated carbocycles. The highest BCUT2D eigenvalue weighted by Crippen LogP contribution is 2.50. The predicted octanol–water partition coefficient (Wildman–Crippen LogP) is 11.8. The van der Waals surface area contributed by atoms with Crippen molar-refractivity contribution in [2.45, 2.75) is 0 Å². The van der Waals surface area contributed by atoms with E-state index < -0.39 is 72.2 Å². The molecule has 0 atom stereocenters. The number of rotatable bonds is 3. The summed E-state index contributed by atoms with van der Waals surface area (Å²) in [6, 6.07) is 20.1. The molecule has 9 aromatic rings. The van der Waals surface area contributed by atoms with E-state index in [-0.39, 0.29) is 27.5 Å². The van der Waals surface area contributed by atoms with Gasteiger partial charge in [0.15, 0.2) is 0 Å². The summed E-state index contributed by atoms with van der Waals surface area (Å²) in [5.41, 5.74) is 2.49. The van der Waals surface area contributed by atoms with Crippen molar-refractivity contribution in [3.05, 3.63) is 151 Å². The summed E-state index contributed by atoms with van der Waals surface area (Å²) >= 11 is 0. The second kappa shape index (κ2) is 9.58. The van der Waals surface area contributed by atoms with E-state index in [0.29, 0.717) is 54.8 Å². The van der Waals surface area contributed by atoms with Gasteiger partial charge in [0.2, 0.25) is 0 Å². The molecule has 0 aliphatic heterocycles. The fourth-order valence-corrected chi connectivity index (χ4v) is 6.38. The lowest BCUT2D eigenvalue weighted by molar-refractivity contribution is 0.483. The van der Waals surface area contributed by atoms with Crippen LogP contribution in [0.1, 0.15) is 15.1 Å². The van der Waals surface area contributed by atoms with Gasteiger partial charge in [-0.15, -0.1) is 0 Å². The standard InChI is InChI=1S/C42H26O2/c43-41-28-15-5-4-12-26(28)22-23-36(41)40-32-19-8-6-17-30(32)39(31-18-7-9-20-33(31)40)35-25-24-34-29-16-10-11-21-37(29)44-42(34)38(35)27-13-2-1-3-14-27/h1-25,43H/i1D,2D,3D,4D,5D,12D,13D,14D,15D,22D,23D. The molecule has 0 aliphatic carbocycles. The van der Waals surface area contributed by atoms with Crippen molar-refractivity contribution in [2.24, 2.45) is 0 Å². The Kier molecular flexibility index (Phi) is 3.51. The number of benzene rings is 8. The third-order valence-corrected chi connectivity index (χ3v) is 8.22. The maximum Gasteiger partial charge on any atom is 0.143 e. The Balaban J connectivity index is 1.49. The zero-order valence-corrected chi connectivity index (χ0v) is 22.9. The van der Waals surface area contributed by atoms with Gasteiger partial charge in [0, 0.05) is 32.8 Å². The lowest BCUT2D eigenvalue weighted by Crippen LogP contribution is -1.93. The normalized spacial score (nSPS) is 15.2. The number of fused-ring (bicyclic) bond motifs is 6.